The fraction of sp³-hybridized carbons (Fsp3) is 0.333. The molecule has 0 N–H and O–H groups in total. The number of rotatable bonds is 3. The van der Waals surface area contributed by atoms with Gasteiger partial charge in [0.2, 0.25) is 5.82 Å². The van der Waals surface area contributed by atoms with Crippen molar-refractivity contribution in [3.05, 3.63) is 18.3 Å². The Hall–Kier alpha value is -2.18. The summed E-state index contributed by atoms with van der Waals surface area (Å²) in [7, 11) is 1.77. The molecule has 0 aliphatic rings. The number of esters is 1. The van der Waals surface area contributed by atoms with E-state index in [1.807, 2.05) is 0 Å². The first-order chi connectivity index (χ1) is 7.70. The molecule has 0 saturated heterocycles. The maximum Gasteiger partial charge on any atom is 0.397 e. The zero-order valence-electron chi connectivity index (χ0n) is 8.88. The summed E-state index contributed by atoms with van der Waals surface area (Å²) < 4.78 is 11.1. The summed E-state index contributed by atoms with van der Waals surface area (Å²) in [5.41, 5.74) is 0.682. The maximum absolute atomic E-state index is 11.3. The highest BCUT2D eigenvalue weighted by molar-refractivity contribution is 5.84. The number of hydrogen-bond acceptors (Lipinski definition) is 6. The average Bonchev–Trinajstić information content (AvgIpc) is 2.85. The Morgan fingerprint density at radius 2 is 2.44 bits per heavy atom. The van der Waals surface area contributed by atoms with Gasteiger partial charge in [-0.3, -0.25) is 4.68 Å². The molecule has 0 spiro atoms. The number of ether oxygens (including phenoxy) is 1. The van der Waals surface area contributed by atoms with Crippen molar-refractivity contribution in [1.82, 2.24) is 19.9 Å². The Balaban J connectivity index is 2.22. The quantitative estimate of drug-likeness (QED) is 0.709. The Bertz CT molecular complexity index is 502. The van der Waals surface area contributed by atoms with Crippen molar-refractivity contribution in [2.75, 3.05) is 6.61 Å². The van der Waals surface area contributed by atoms with Gasteiger partial charge >= 0.3 is 11.9 Å². The molecule has 0 atom stereocenters. The van der Waals surface area contributed by atoms with E-state index >= 15 is 0 Å². The summed E-state index contributed by atoms with van der Waals surface area (Å²) >= 11 is 0. The minimum absolute atomic E-state index is 0.152. The third kappa shape index (κ3) is 1.92. The van der Waals surface area contributed by atoms with Crippen molar-refractivity contribution in [2.45, 2.75) is 6.92 Å². The van der Waals surface area contributed by atoms with Gasteiger partial charge in [0.05, 0.1) is 18.4 Å². The molecule has 0 radical (unpaired) electrons. The van der Waals surface area contributed by atoms with Crippen molar-refractivity contribution in [3.8, 4) is 11.4 Å². The lowest BCUT2D eigenvalue weighted by atomic mass is 10.3. The van der Waals surface area contributed by atoms with E-state index in [-0.39, 0.29) is 12.5 Å². The fourth-order valence-electron chi connectivity index (χ4n) is 1.15. The van der Waals surface area contributed by atoms with Crippen LogP contribution in [-0.4, -0.2) is 32.5 Å². The summed E-state index contributed by atoms with van der Waals surface area (Å²) in [6.07, 6.45) is 3.31. The highest BCUT2D eigenvalue weighted by Crippen LogP contribution is 2.14. The Kier molecular flexibility index (Phi) is 2.67. The van der Waals surface area contributed by atoms with Crippen LogP contribution in [0, 0.1) is 0 Å². The van der Waals surface area contributed by atoms with Crippen LogP contribution in [0.5, 0.6) is 0 Å². The average molecular weight is 222 g/mol. The van der Waals surface area contributed by atoms with E-state index in [2.05, 4.69) is 15.2 Å². The SMILES string of the molecule is CCOC(=O)c1nc(-c2cnn(C)c2)no1. The zero-order valence-corrected chi connectivity index (χ0v) is 8.88. The summed E-state index contributed by atoms with van der Waals surface area (Å²) in [5, 5.41) is 7.63. The van der Waals surface area contributed by atoms with Crippen LogP contribution in [0.15, 0.2) is 16.9 Å². The molecule has 7 nitrogen and oxygen atoms in total. The van der Waals surface area contributed by atoms with Gasteiger partial charge in [0.15, 0.2) is 0 Å². The van der Waals surface area contributed by atoms with Gasteiger partial charge < -0.3 is 9.26 Å². The van der Waals surface area contributed by atoms with Gasteiger partial charge in [-0.05, 0) is 6.92 Å². The molecule has 2 aromatic heterocycles. The molecule has 0 saturated carbocycles. The summed E-state index contributed by atoms with van der Waals surface area (Å²) in [6, 6.07) is 0. The van der Waals surface area contributed by atoms with Gasteiger partial charge in [-0.25, -0.2) is 4.79 Å². The molecule has 0 unspecified atom stereocenters. The van der Waals surface area contributed by atoms with E-state index in [0.717, 1.165) is 0 Å². The molecule has 2 heterocycles. The first kappa shape index (κ1) is 10.3. The molecule has 0 fully saturated rings. The van der Waals surface area contributed by atoms with Gasteiger partial charge in [0.1, 0.15) is 0 Å². The second-order valence-corrected chi connectivity index (χ2v) is 3.05. The first-order valence-electron chi connectivity index (χ1n) is 4.70. The molecule has 0 aromatic carbocycles. The van der Waals surface area contributed by atoms with E-state index in [4.69, 9.17) is 9.26 Å². The topological polar surface area (TPSA) is 83.0 Å². The predicted octanol–water partition coefficient (Wildman–Crippen LogP) is 0.647. The monoisotopic (exact) mass is 222 g/mol. The fourth-order valence-corrected chi connectivity index (χ4v) is 1.15. The van der Waals surface area contributed by atoms with Crippen molar-refractivity contribution in [1.29, 1.82) is 0 Å². The largest absolute Gasteiger partial charge is 0.459 e. The third-order valence-electron chi connectivity index (χ3n) is 1.84. The van der Waals surface area contributed by atoms with Gasteiger partial charge in [-0.1, -0.05) is 5.16 Å². The van der Waals surface area contributed by atoms with E-state index in [9.17, 15) is 4.79 Å². The molecule has 2 aromatic rings. The Morgan fingerprint density at radius 1 is 1.62 bits per heavy atom. The smallest absolute Gasteiger partial charge is 0.397 e. The van der Waals surface area contributed by atoms with E-state index < -0.39 is 5.97 Å². The van der Waals surface area contributed by atoms with Crippen LogP contribution in [0.25, 0.3) is 11.4 Å². The van der Waals surface area contributed by atoms with E-state index in [0.29, 0.717) is 11.4 Å². The van der Waals surface area contributed by atoms with Crippen LogP contribution in [0.3, 0.4) is 0 Å². The molecule has 0 amide bonds. The molecule has 2 rings (SSSR count). The molecule has 0 aliphatic heterocycles. The molecule has 0 bridgehead atoms. The van der Waals surface area contributed by atoms with E-state index in [1.165, 1.54) is 0 Å². The first-order valence-corrected chi connectivity index (χ1v) is 4.70. The van der Waals surface area contributed by atoms with Gasteiger partial charge in [-0.15, -0.1) is 0 Å². The highest BCUT2D eigenvalue weighted by atomic mass is 16.6. The number of nitrogens with zero attached hydrogens (tertiary/aromatic N) is 4. The lowest BCUT2D eigenvalue weighted by Gasteiger charge is -1.93. The van der Waals surface area contributed by atoms with Gasteiger partial charge in [0, 0.05) is 13.2 Å². The lowest BCUT2D eigenvalue weighted by molar-refractivity contribution is 0.0470. The van der Waals surface area contributed by atoms with Crippen molar-refractivity contribution in [3.63, 3.8) is 0 Å². The van der Waals surface area contributed by atoms with Crippen molar-refractivity contribution >= 4 is 5.97 Å². The summed E-state index contributed by atoms with van der Waals surface area (Å²) in [6.45, 7) is 1.97. The normalized spacial score (nSPS) is 10.4. The van der Waals surface area contributed by atoms with E-state index in [1.54, 1.807) is 31.0 Å². The van der Waals surface area contributed by atoms with Crippen LogP contribution >= 0.6 is 0 Å². The molecule has 7 heteroatoms. The van der Waals surface area contributed by atoms with Gasteiger partial charge in [0.25, 0.3) is 0 Å². The summed E-state index contributed by atoms with van der Waals surface area (Å²) in [4.78, 5) is 15.2. The third-order valence-corrected chi connectivity index (χ3v) is 1.84. The number of carbonyl (C=O) groups excluding carboxylic acids is 1. The van der Waals surface area contributed by atoms with Crippen LogP contribution in [0.4, 0.5) is 0 Å². The van der Waals surface area contributed by atoms with Crippen molar-refractivity contribution in [2.24, 2.45) is 7.05 Å². The minimum atomic E-state index is -0.620. The molecule has 16 heavy (non-hydrogen) atoms. The zero-order chi connectivity index (χ0) is 11.5. The number of aryl methyl sites for hydroxylation is 1. The minimum Gasteiger partial charge on any atom is -0.459 e. The molecule has 84 valence electrons. The Morgan fingerprint density at radius 3 is 3.06 bits per heavy atom. The number of hydrogen-bond donors (Lipinski definition) is 0. The van der Waals surface area contributed by atoms with Crippen LogP contribution in [0.2, 0.25) is 0 Å². The molecule has 0 aliphatic carbocycles. The Labute approximate surface area is 91.0 Å². The number of carbonyl (C=O) groups is 1. The second-order valence-electron chi connectivity index (χ2n) is 3.05. The highest BCUT2D eigenvalue weighted by Gasteiger charge is 2.17. The predicted molar refractivity (Wildman–Crippen MR) is 52.5 cm³/mol. The van der Waals surface area contributed by atoms with Crippen LogP contribution in [-0.2, 0) is 11.8 Å². The van der Waals surface area contributed by atoms with Crippen LogP contribution < -0.4 is 0 Å². The lowest BCUT2D eigenvalue weighted by Crippen LogP contribution is -2.04. The number of aromatic nitrogens is 4. The maximum atomic E-state index is 11.3. The molecular formula is C9H10N4O3. The van der Waals surface area contributed by atoms with Crippen LogP contribution in [0.1, 0.15) is 17.6 Å². The van der Waals surface area contributed by atoms with Crippen molar-refractivity contribution < 1.29 is 14.1 Å². The van der Waals surface area contributed by atoms with Gasteiger partial charge in [-0.2, -0.15) is 10.1 Å². The summed E-state index contributed by atoms with van der Waals surface area (Å²) in [5.74, 6) is -0.456. The standard InChI is InChI=1S/C9H10N4O3/c1-3-15-9(14)8-11-7(12-16-8)6-4-10-13(2)5-6/h4-5H,3H2,1-2H3. The second kappa shape index (κ2) is 4.13. The molecular weight excluding hydrogens is 212 g/mol.